The van der Waals surface area contributed by atoms with Crippen LogP contribution in [0.15, 0.2) is 54.6 Å². The van der Waals surface area contributed by atoms with Crippen molar-refractivity contribution in [2.45, 2.75) is 38.4 Å². The number of pyridine rings is 1. The summed E-state index contributed by atoms with van der Waals surface area (Å²) < 4.78 is 38.0. The lowest BCUT2D eigenvalue weighted by Crippen LogP contribution is -2.33. The molecule has 2 heterocycles. The molecule has 1 aliphatic heterocycles. The number of piperidine rings is 1. The van der Waals surface area contributed by atoms with Crippen LogP contribution < -0.4 is 10.2 Å². The average Bonchev–Trinajstić information content (AvgIpc) is 3.41. The number of aryl methyl sites for hydroxylation is 1. The molecule has 0 radical (unpaired) electrons. The van der Waals surface area contributed by atoms with Crippen molar-refractivity contribution in [3.63, 3.8) is 0 Å². The van der Waals surface area contributed by atoms with Crippen LogP contribution in [0.2, 0.25) is 0 Å². The van der Waals surface area contributed by atoms with Gasteiger partial charge in [-0.2, -0.15) is 13.2 Å². The third-order valence-corrected chi connectivity index (χ3v) is 6.59. The summed E-state index contributed by atoms with van der Waals surface area (Å²) in [5.41, 5.74) is 2.44. The molecule has 5 rings (SSSR count). The number of hydrogen-bond acceptors (Lipinski definition) is 3. The lowest BCUT2D eigenvalue weighted by atomic mass is 10.1. The molecule has 2 aromatic carbocycles. The van der Waals surface area contributed by atoms with Gasteiger partial charge in [0.25, 0.3) is 0 Å². The van der Waals surface area contributed by atoms with Gasteiger partial charge < -0.3 is 10.2 Å². The Kier molecular flexibility index (Phi) is 5.35. The summed E-state index contributed by atoms with van der Waals surface area (Å²) in [5, 5.41) is 3.76. The summed E-state index contributed by atoms with van der Waals surface area (Å²) >= 11 is 0. The van der Waals surface area contributed by atoms with Crippen LogP contribution in [0.5, 0.6) is 0 Å². The van der Waals surface area contributed by atoms with Crippen molar-refractivity contribution >= 4 is 34.4 Å². The summed E-state index contributed by atoms with van der Waals surface area (Å²) in [6.45, 7) is 3.16. The van der Waals surface area contributed by atoms with Crippen molar-refractivity contribution < 1.29 is 18.0 Å². The first-order valence-electron chi connectivity index (χ1n) is 11.1. The van der Waals surface area contributed by atoms with Crippen LogP contribution >= 0.6 is 0 Å². The predicted molar refractivity (Wildman–Crippen MR) is 124 cm³/mol. The van der Waals surface area contributed by atoms with Gasteiger partial charge in [0.1, 0.15) is 5.82 Å². The number of hydrogen-bond donors (Lipinski definition) is 1. The number of carbonyl (C=O) groups excluding carboxylic acids is 1. The van der Waals surface area contributed by atoms with E-state index < -0.39 is 11.7 Å². The van der Waals surface area contributed by atoms with Crippen molar-refractivity contribution in [3.05, 3.63) is 71.3 Å². The minimum atomic E-state index is -4.38. The zero-order valence-electron chi connectivity index (χ0n) is 18.2. The van der Waals surface area contributed by atoms with Crippen LogP contribution in [0.1, 0.15) is 36.0 Å². The molecule has 1 aromatic heterocycles. The fraction of sp³-hybridized carbons (Fsp3) is 0.308. The molecule has 33 heavy (non-hydrogen) atoms. The number of alkyl halides is 3. The fourth-order valence-corrected chi connectivity index (χ4v) is 4.96. The summed E-state index contributed by atoms with van der Waals surface area (Å²) in [5.74, 6) is 1.50. The molecule has 1 aliphatic carbocycles. The Labute approximate surface area is 190 Å². The van der Waals surface area contributed by atoms with Gasteiger partial charge in [-0.15, -0.1) is 0 Å². The summed E-state index contributed by atoms with van der Waals surface area (Å²) in [7, 11) is 0. The van der Waals surface area contributed by atoms with E-state index in [0.717, 1.165) is 46.9 Å². The average molecular weight is 451 g/mol. The Morgan fingerprint density at radius 3 is 2.58 bits per heavy atom. The third-order valence-electron chi connectivity index (χ3n) is 6.59. The second-order valence-corrected chi connectivity index (χ2v) is 8.96. The van der Waals surface area contributed by atoms with Crippen LogP contribution in [0.25, 0.3) is 17.0 Å². The first-order chi connectivity index (χ1) is 15.8. The monoisotopic (exact) mass is 451 g/mol. The number of carbonyl (C=O) groups is 1. The minimum Gasteiger partial charge on any atom is -0.353 e. The molecule has 2 unspecified atom stereocenters. The molecular formula is C26H24F3N3O. The lowest BCUT2D eigenvalue weighted by molar-refractivity contribution is -0.137. The van der Waals surface area contributed by atoms with Crippen LogP contribution in [0.4, 0.5) is 24.7 Å². The zero-order chi connectivity index (χ0) is 23.2. The predicted octanol–water partition coefficient (Wildman–Crippen LogP) is 6.20. The zero-order valence-corrected chi connectivity index (χ0v) is 18.2. The smallest absolute Gasteiger partial charge is 0.353 e. The number of anilines is 2. The standard InChI is InChI=1S/C26H24F3N3O/c1-16-12-19-14-21(8-10-23(19)31-25(16)32-15-18-4-9-22(32)13-18)30-24(33)11-5-17-2-6-20(7-3-17)26(27,28)29/h2-3,5-8,10-12,14,18,22H,4,9,13,15H2,1H3,(H,30,33). The normalized spacial score (nSPS) is 20.2. The minimum absolute atomic E-state index is 0.358. The second-order valence-electron chi connectivity index (χ2n) is 8.96. The quantitative estimate of drug-likeness (QED) is 0.480. The largest absolute Gasteiger partial charge is 0.416 e. The van der Waals surface area contributed by atoms with Crippen LogP contribution in [0, 0.1) is 12.8 Å². The highest BCUT2D eigenvalue weighted by Crippen LogP contribution is 2.41. The number of aromatic nitrogens is 1. The van der Waals surface area contributed by atoms with Gasteiger partial charge in [-0.1, -0.05) is 12.1 Å². The molecule has 7 heteroatoms. The Morgan fingerprint density at radius 1 is 1.12 bits per heavy atom. The van der Waals surface area contributed by atoms with Gasteiger partial charge in [-0.25, -0.2) is 4.98 Å². The topological polar surface area (TPSA) is 45.2 Å². The Balaban J connectivity index is 1.28. The summed E-state index contributed by atoms with van der Waals surface area (Å²) in [4.78, 5) is 19.7. The third kappa shape index (κ3) is 4.45. The van der Waals surface area contributed by atoms with E-state index in [-0.39, 0.29) is 5.91 Å². The molecule has 1 N–H and O–H groups in total. The fourth-order valence-electron chi connectivity index (χ4n) is 4.96. The van der Waals surface area contributed by atoms with E-state index in [1.807, 2.05) is 18.2 Å². The number of fused-ring (bicyclic) bond motifs is 3. The Bertz CT molecular complexity index is 1230. The number of benzene rings is 2. The van der Waals surface area contributed by atoms with E-state index >= 15 is 0 Å². The molecule has 4 nitrogen and oxygen atoms in total. The van der Waals surface area contributed by atoms with E-state index in [9.17, 15) is 18.0 Å². The number of nitrogens with zero attached hydrogens (tertiary/aromatic N) is 2. The molecule has 1 amide bonds. The van der Waals surface area contributed by atoms with E-state index in [1.165, 1.54) is 43.5 Å². The van der Waals surface area contributed by atoms with Crippen molar-refractivity contribution in [3.8, 4) is 0 Å². The number of amides is 1. The number of nitrogens with one attached hydrogen (secondary N) is 1. The highest BCUT2D eigenvalue weighted by atomic mass is 19.4. The van der Waals surface area contributed by atoms with Gasteiger partial charge in [-0.3, -0.25) is 4.79 Å². The molecule has 2 bridgehead atoms. The molecule has 170 valence electrons. The first kappa shape index (κ1) is 21.5. The first-order valence-corrected chi connectivity index (χ1v) is 11.1. The highest BCUT2D eigenvalue weighted by Gasteiger charge is 2.38. The van der Waals surface area contributed by atoms with E-state index in [4.69, 9.17) is 4.98 Å². The second kappa shape index (κ2) is 8.21. The Morgan fingerprint density at radius 2 is 1.91 bits per heavy atom. The van der Waals surface area contributed by atoms with E-state index in [1.54, 1.807) is 0 Å². The molecule has 1 saturated carbocycles. The SMILES string of the molecule is Cc1cc2cc(NC(=O)C=Cc3ccc(C(F)(F)F)cc3)ccc2nc1N1CC2CCC1C2. The van der Waals surface area contributed by atoms with Gasteiger partial charge in [-0.05, 0) is 85.7 Å². The molecule has 2 fully saturated rings. The highest BCUT2D eigenvalue weighted by molar-refractivity contribution is 6.03. The summed E-state index contributed by atoms with van der Waals surface area (Å²) in [6.07, 6.45) is 2.25. The van der Waals surface area contributed by atoms with Gasteiger partial charge in [0.15, 0.2) is 0 Å². The van der Waals surface area contributed by atoms with E-state index in [0.29, 0.717) is 17.3 Å². The maximum Gasteiger partial charge on any atom is 0.416 e. The molecular weight excluding hydrogens is 427 g/mol. The van der Waals surface area contributed by atoms with Gasteiger partial charge in [0.05, 0.1) is 11.1 Å². The molecule has 0 spiro atoms. The molecule has 3 aromatic rings. The summed E-state index contributed by atoms with van der Waals surface area (Å²) in [6, 6.07) is 13.0. The van der Waals surface area contributed by atoms with Gasteiger partial charge in [0, 0.05) is 29.7 Å². The van der Waals surface area contributed by atoms with Crippen LogP contribution in [-0.4, -0.2) is 23.5 Å². The maximum atomic E-state index is 12.7. The number of halogens is 3. The number of rotatable bonds is 4. The lowest BCUT2D eigenvalue weighted by Gasteiger charge is -2.29. The maximum absolute atomic E-state index is 12.7. The molecule has 1 saturated heterocycles. The van der Waals surface area contributed by atoms with Gasteiger partial charge >= 0.3 is 6.18 Å². The Hall–Kier alpha value is -3.35. The van der Waals surface area contributed by atoms with Crippen molar-refractivity contribution in [1.29, 1.82) is 0 Å². The van der Waals surface area contributed by atoms with Crippen molar-refractivity contribution in [2.24, 2.45) is 5.92 Å². The van der Waals surface area contributed by atoms with Crippen LogP contribution in [0.3, 0.4) is 0 Å². The van der Waals surface area contributed by atoms with Crippen molar-refractivity contribution in [2.75, 3.05) is 16.8 Å². The molecule has 2 atom stereocenters. The van der Waals surface area contributed by atoms with E-state index in [2.05, 4.69) is 23.2 Å². The van der Waals surface area contributed by atoms with Crippen molar-refractivity contribution in [1.82, 2.24) is 4.98 Å². The molecule has 2 aliphatic rings. The van der Waals surface area contributed by atoms with Crippen LogP contribution in [-0.2, 0) is 11.0 Å². The van der Waals surface area contributed by atoms with Gasteiger partial charge in [0.2, 0.25) is 5.91 Å².